The van der Waals surface area contributed by atoms with Crippen molar-refractivity contribution in [2.24, 2.45) is 0 Å². The summed E-state index contributed by atoms with van der Waals surface area (Å²) in [5.41, 5.74) is 0.283. The molecule has 1 N–H and O–H groups in total. The molecule has 0 fully saturated rings. The van der Waals surface area contributed by atoms with Crippen molar-refractivity contribution in [1.29, 1.82) is 0 Å². The predicted octanol–water partition coefficient (Wildman–Crippen LogP) is 4.70. The molecule has 1 aromatic rings. The Morgan fingerprint density at radius 1 is 0.957 bits per heavy atom. The molecule has 0 saturated carbocycles. The second-order valence-electron chi connectivity index (χ2n) is 5.49. The average molecular weight is 320 g/mol. The van der Waals surface area contributed by atoms with Crippen LogP contribution >= 0.6 is 0 Å². The maximum absolute atomic E-state index is 10.7. The van der Waals surface area contributed by atoms with Crippen LogP contribution in [0.1, 0.15) is 55.3 Å². The first-order valence-corrected chi connectivity index (χ1v) is 8.39. The SMILES string of the molecule is C=CCCOCCCCCCCCOc1ccc(C(=O)O)cc1. The second kappa shape index (κ2) is 12.7. The minimum absolute atomic E-state index is 0.283. The molecule has 0 unspecified atom stereocenters. The van der Waals surface area contributed by atoms with Gasteiger partial charge in [-0.15, -0.1) is 6.58 Å². The summed E-state index contributed by atoms with van der Waals surface area (Å²) in [5, 5.41) is 8.81. The van der Waals surface area contributed by atoms with E-state index in [2.05, 4.69) is 6.58 Å². The lowest BCUT2D eigenvalue weighted by Gasteiger charge is -2.06. The van der Waals surface area contributed by atoms with E-state index in [1.54, 1.807) is 24.3 Å². The molecule has 0 radical (unpaired) electrons. The highest BCUT2D eigenvalue weighted by Crippen LogP contribution is 2.13. The molecule has 0 aliphatic carbocycles. The predicted molar refractivity (Wildman–Crippen MR) is 92.2 cm³/mol. The number of carboxylic acids is 1. The molecule has 1 rings (SSSR count). The fourth-order valence-corrected chi connectivity index (χ4v) is 2.17. The van der Waals surface area contributed by atoms with Crippen molar-refractivity contribution < 1.29 is 19.4 Å². The van der Waals surface area contributed by atoms with Gasteiger partial charge >= 0.3 is 5.97 Å². The van der Waals surface area contributed by atoms with Crippen molar-refractivity contribution in [2.45, 2.75) is 44.9 Å². The Bertz CT molecular complexity index is 439. The third-order valence-corrected chi connectivity index (χ3v) is 3.52. The lowest BCUT2D eigenvalue weighted by atomic mass is 10.1. The first-order chi connectivity index (χ1) is 11.2. The van der Waals surface area contributed by atoms with E-state index >= 15 is 0 Å². The van der Waals surface area contributed by atoms with E-state index in [1.165, 1.54) is 19.3 Å². The summed E-state index contributed by atoms with van der Waals surface area (Å²) in [6, 6.07) is 6.54. The minimum atomic E-state index is -0.914. The number of aromatic carboxylic acids is 1. The number of hydrogen-bond acceptors (Lipinski definition) is 3. The molecule has 0 bridgehead atoms. The molecule has 0 heterocycles. The first-order valence-electron chi connectivity index (χ1n) is 8.39. The van der Waals surface area contributed by atoms with E-state index in [0.717, 1.165) is 44.6 Å². The van der Waals surface area contributed by atoms with Crippen molar-refractivity contribution in [2.75, 3.05) is 19.8 Å². The Kier molecular flexibility index (Phi) is 10.6. The van der Waals surface area contributed by atoms with Gasteiger partial charge in [0.2, 0.25) is 0 Å². The van der Waals surface area contributed by atoms with E-state index in [0.29, 0.717) is 6.61 Å². The van der Waals surface area contributed by atoms with Gasteiger partial charge in [0.05, 0.1) is 12.2 Å². The van der Waals surface area contributed by atoms with E-state index in [1.807, 2.05) is 6.08 Å². The van der Waals surface area contributed by atoms with Gasteiger partial charge in [0.1, 0.15) is 5.75 Å². The highest BCUT2D eigenvalue weighted by molar-refractivity contribution is 5.87. The van der Waals surface area contributed by atoms with Gasteiger partial charge in [0, 0.05) is 13.2 Å². The zero-order valence-electron chi connectivity index (χ0n) is 13.8. The van der Waals surface area contributed by atoms with Gasteiger partial charge in [0.15, 0.2) is 0 Å². The number of carboxylic acid groups (broad SMARTS) is 1. The lowest BCUT2D eigenvalue weighted by Crippen LogP contribution is -1.99. The summed E-state index contributed by atoms with van der Waals surface area (Å²) in [7, 11) is 0. The fourth-order valence-electron chi connectivity index (χ4n) is 2.17. The Balaban J connectivity index is 1.91. The van der Waals surface area contributed by atoms with Crippen molar-refractivity contribution in [1.82, 2.24) is 0 Å². The summed E-state index contributed by atoms with van der Waals surface area (Å²) in [4.78, 5) is 10.7. The maximum Gasteiger partial charge on any atom is 0.335 e. The van der Waals surface area contributed by atoms with Gasteiger partial charge in [-0.1, -0.05) is 31.8 Å². The summed E-state index contributed by atoms with van der Waals surface area (Å²) in [5.74, 6) is -0.186. The standard InChI is InChI=1S/C19H28O4/c1-2-3-14-22-15-8-6-4-5-7-9-16-23-18-12-10-17(11-13-18)19(20)21/h2,10-13H,1,3-9,14-16H2,(H,20,21). The molecule has 1 aromatic carbocycles. The van der Waals surface area contributed by atoms with E-state index in [4.69, 9.17) is 14.6 Å². The molecule has 128 valence electrons. The third-order valence-electron chi connectivity index (χ3n) is 3.52. The van der Waals surface area contributed by atoms with Gasteiger partial charge < -0.3 is 14.6 Å². The van der Waals surface area contributed by atoms with Crippen LogP contribution in [0.5, 0.6) is 5.75 Å². The Labute approximate surface area is 139 Å². The summed E-state index contributed by atoms with van der Waals surface area (Å²) in [6.07, 6.45) is 9.78. The number of carbonyl (C=O) groups is 1. The van der Waals surface area contributed by atoms with Gasteiger partial charge in [-0.3, -0.25) is 0 Å². The van der Waals surface area contributed by atoms with E-state index < -0.39 is 5.97 Å². The Morgan fingerprint density at radius 2 is 1.57 bits per heavy atom. The summed E-state index contributed by atoms with van der Waals surface area (Å²) >= 11 is 0. The van der Waals surface area contributed by atoms with E-state index in [-0.39, 0.29) is 5.56 Å². The largest absolute Gasteiger partial charge is 0.494 e. The normalized spacial score (nSPS) is 10.4. The van der Waals surface area contributed by atoms with Crippen LogP contribution in [0.15, 0.2) is 36.9 Å². The molecule has 0 aliphatic rings. The summed E-state index contributed by atoms with van der Waals surface area (Å²) in [6.45, 7) is 5.97. The monoisotopic (exact) mass is 320 g/mol. The topological polar surface area (TPSA) is 55.8 Å². The molecule has 23 heavy (non-hydrogen) atoms. The van der Waals surface area contributed by atoms with Crippen molar-refractivity contribution in [3.63, 3.8) is 0 Å². The second-order valence-corrected chi connectivity index (χ2v) is 5.49. The molecule has 0 aromatic heterocycles. The highest BCUT2D eigenvalue weighted by atomic mass is 16.5. The summed E-state index contributed by atoms with van der Waals surface area (Å²) < 4.78 is 11.1. The zero-order valence-corrected chi connectivity index (χ0v) is 13.8. The highest BCUT2D eigenvalue weighted by Gasteiger charge is 2.01. The van der Waals surface area contributed by atoms with Crippen molar-refractivity contribution >= 4 is 5.97 Å². The van der Waals surface area contributed by atoms with Crippen LogP contribution in [0.2, 0.25) is 0 Å². The van der Waals surface area contributed by atoms with Gasteiger partial charge in [-0.25, -0.2) is 4.79 Å². The molecule has 0 amide bonds. The van der Waals surface area contributed by atoms with Crippen LogP contribution in [0.25, 0.3) is 0 Å². The Morgan fingerprint density at radius 3 is 2.17 bits per heavy atom. The molecule has 0 spiro atoms. The number of rotatable bonds is 14. The smallest absolute Gasteiger partial charge is 0.335 e. The van der Waals surface area contributed by atoms with Crippen LogP contribution in [-0.2, 0) is 4.74 Å². The quantitative estimate of drug-likeness (QED) is 0.399. The number of benzene rings is 1. The van der Waals surface area contributed by atoms with E-state index in [9.17, 15) is 4.79 Å². The van der Waals surface area contributed by atoms with Gasteiger partial charge in [-0.05, 0) is 43.5 Å². The van der Waals surface area contributed by atoms with Crippen LogP contribution < -0.4 is 4.74 Å². The number of ether oxygens (including phenoxy) is 2. The molecule has 0 atom stereocenters. The van der Waals surface area contributed by atoms with Crippen LogP contribution in [0.4, 0.5) is 0 Å². The minimum Gasteiger partial charge on any atom is -0.494 e. The van der Waals surface area contributed by atoms with Crippen LogP contribution in [0, 0.1) is 0 Å². The number of unbranched alkanes of at least 4 members (excludes halogenated alkanes) is 5. The number of hydrogen-bond donors (Lipinski definition) is 1. The van der Waals surface area contributed by atoms with Crippen LogP contribution in [0.3, 0.4) is 0 Å². The third kappa shape index (κ3) is 9.74. The molecule has 4 nitrogen and oxygen atoms in total. The first kappa shape index (κ1) is 19.2. The van der Waals surface area contributed by atoms with Crippen molar-refractivity contribution in [3.8, 4) is 5.75 Å². The van der Waals surface area contributed by atoms with Gasteiger partial charge in [0.25, 0.3) is 0 Å². The Hall–Kier alpha value is -1.81. The molecule has 0 aliphatic heterocycles. The van der Waals surface area contributed by atoms with Crippen LogP contribution in [-0.4, -0.2) is 30.9 Å². The lowest BCUT2D eigenvalue weighted by molar-refractivity contribution is 0.0697. The average Bonchev–Trinajstić information content (AvgIpc) is 2.56. The van der Waals surface area contributed by atoms with Crippen molar-refractivity contribution in [3.05, 3.63) is 42.5 Å². The maximum atomic E-state index is 10.7. The fraction of sp³-hybridized carbons (Fsp3) is 0.526. The molecular formula is C19H28O4. The van der Waals surface area contributed by atoms with Gasteiger partial charge in [-0.2, -0.15) is 0 Å². The molecular weight excluding hydrogens is 292 g/mol. The zero-order chi connectivity index (χ0) is 16.8. The molecule has 4 heteroatoms. The molecule has 0 saturated heterocycles.